The van der Waals surface area contributed by atoms with Gasteiger partial charge in [-0.1, -0.05) is 169 Å². The number of para-hydroxylation sites is 3. The van der Waals surface area contributed by atoms with Gasteiger partial charge in [0.1, 0.15) is 5.82 Å². The van der Waals surface area contributed by atoms with Crippen LogP contribution in [0.4, 0.5) is 22.7 Å². The fourth-order valence-corrected chi connectivity index (χ4v) is 9.47. The van der Waals surface area contributed by atoms with Crippen LogP contribution in [0.5, 0.6) is 11.5 Å². The van der Waals surface area contributed by atoms with Crippen molar-refractivity contribution >= 4 is 44.6 Å². The second kappa shape index (κ2) is 18.0. The van der Waals surface area contributed by atoms with Crippen LogP contribution in [-0.2, 0) is 21.1 Å². The predicted octanol–water partition coefficient (Wildman–Crippen LogP) is 16.3. The molecular weight excluding hydrogens is 1010 g/mol. The number of aryl methyl sites for hydroxylation is 2. The molecule has 3 heterocycles. The van der Waals surface area contributed by atoms with Crippen molar-refractivity contribution in [3.8, 4) is 61.8 Å². The molecule has 330 valence electrons. The van der Waals surface area contributed by atoms with E-state index in [9.17, 15) is 0 Å². The molecule has 0 N–H and O–H groups in total. The van der Waals surface area contributed by atoms with Gasteiger partial charge < -0.3 is 19.1 Å². The van der Waals surface area contributed by atoms with Crippen LogP contribution in [0.2, 0.25) is 0 Å². The van der Waals surface area contributed by atoms with Crippen molar-refractivity contribution < 1.29 is 25.8 Å². The molecule has 1 aliphatic heterocycles. The summed E-state index contributed by atoms with van der Waals surface area (Å²) in [5, 5.41) is 2.18. The van der Waals surface area contributed by atoms with Gasteiger partial charge in [0.05, 0.1) is 0 Å². The second-order valence-electron chi connectivity index (χ2n) is 17.0. The van der Waals surface area contributed by atoms with Gasteiger partial charge in [0.25, 0.3) is 0 Å². The molecule has 5 nitrogen and oxygen atoms in total. The summed E-state index contributed by atoms with van der Waals surface area (Å²) < 4.78 is 8.94. The Balaban J connectivity index is 0.00000507. The van der Waals surface area contributed by atoms with E-state index in [1.807, 2.05) is 24.4 Å². The molecule has 0 unspecified atom stereocenters. The van der Waals surface area contributed by atoms with E-state index < -0.39 is 0 Å². The molecule has 0 saturated carbocycles. The minimum Gasteiger partial charge on any atom is -0.509 e. The summed E-state index contributed by atoms with van der Waals surface area (Å²) >= 11 is 0. The maximum atomic E-state index is 6.73. The van der Waals surface area contributed by atoms with Crippen molar-refractivity contribution in [2.45, 2.75) is 13.8 Å². The average molecular weight is 1060 g/mol. The molecule has 0 saturated heterocycles. The Morgan fingerprint density at radius 1 is 0.471 bits per heavy atom. The van der Waals surface area contributed by atoms with E-state index in [1.54, 1.807) is 0 Å². The molecule has 0 fully saturated rings. The normalized spacial score (nSPS) is 12.0. The van der Waals surface area contributed by atoms with Gasteiger partial charge in [-0.05, 0) is 76.9 Å². The van der Waals surface area contributed by atoms with Crippen LogP contribution in [0.25, 0.3) is 72.1 Å². The topological polar surface area (TPSA) is 33.5 Å². The van der Waals surface area contributed by atoms with Crippen molar-refractivity contribution in [3.63, 3.8) is 0 Å². The zero-order valence-corrected chi connectivity index (χ0v) is 39.6. The minimum absolute atomic E-state index is 0. The van der Waals surface area contributed by atoms with Gasteiger partial charge in [0.15, 0.2) is 0 Å². The monoisotopic (exact) mass is 1050 g/mol. The number of rotatable bonds is 9. The summed E-state index contributed by atoms with van der Waals surface area (Å²) in [6.45, 7) is 6.44. The number of hydrogen-bond donors (Lipinski definition) is 0. The number of fused-ring (bicyclic) bond motifs is 4. The third kappa shape index (κ3) is 7.75. The summed E-state index contributed by atoms with van der Waals surface area (Å²) in [5.41, 5.74) is 17.5. The summed E-state index contributed by atoms with van der Waals surface area (Å²) in [7, 11) is 0. The molecule has 11 aromatic rings. The fourth-order valence-electron chi connectivity index (χ4n) is 9.47. The number of hydrogen-bond acceptors (Lipinski definition) is 4. The van der Waals surface area contributed by atoms with Crippen LogP contribution >= 0.6 is 0 Å². The fraction of sp³-hybridized carbons (Fsp3) is 0.0323. The van der Waals surface area contributed by atoms with E-state index in [4.69, 9.17) is 9.72 Å². The Kier molecular flexibility index (Phi) is 11.3. The molecule has 0 amide bonds. The molecule has 0 aliphatic carbocycles. The van der Waals surface area contributed by atoms with Crippen LogP contribution in [0, 0.1) is 32.6 Å². The number of aromatic nitrogens is 2. The molecule has 0 atom stereocenters. The van der Waals surface area contributed by atoms with Gasteiger partial charge in [-0.2, -0.15) is 12.1 Å². The van der Waals surface area contributed by atoms with Gasteiger partial charge in [0.2, 0.25) is 0 Å². The molecule has 0 radical (unpaired) electrons. The summed E-state index contributed by atoms with van der Waals surface area (Å²) in [6.07, 6.45) is 1.99. The van der Waals surface area contributed by atoms with Crippen molar-refractivity contribution in [2.24, 2.45) is 0 Å². The van der Waals surface area contributed by atoms with E-state index in [2.05, 4.69) is 241 Å². The first-order valence-electron chi connectivity index (χ1n) is 22.6. The molecular formula is C62H43N4OPt-3. The summed E-state index contributed by atoms with van der Waals surface area (Å²) in [4.78, 5) is 9.62. The Morgan fingerprint density at radius 2 is 1.06 bits per heavy atom. The first-order chi connectivity index (χ1) is 33.0. The zero-order valence-electron chi connectivity index (χ0n) is 37.4. The minimum atomic E-state index is 0. The average Bonchev–Trinajstić information content (AvgIpc) is 3.93. The van der Waals surface area contributed by atoms with Gasteiger partial charge in [0, 0.05) is 78.0 Å². The molecule has 0 bridgehead atoms. The molecule has 12 rings (SSSR count). The third-order valence-corrected chi connectivity index (χ3v) is 12.8. The molecule has 6 heteroatoms. The standard InChI is InChI=1S/C62H43N4O.Pt/c1-42-28-30-47(31-29-42)56-40-63-61(36-43(56)2)66-57-35-32-48(44-16-6-3-7-17-44)37-55(57)54-34-33-51(39-60(54)66)67-50-23-14-22-49(38-50)64-41-65(59-27-13-12-26-58(59)64)62-52(45-18-8-4-9-19-45)24-15-25-53(62)46-20-10-5-11-21-46;/h3-37,40-41H,1-2H3;/q-3;. The largest absolute Gasteiger partial charge is 0.509 e. The van der Waals surface area contributed by atoms with Crippen molar-refractivity contribution in [1.29, 1.82) is 0 Å². The van der Waals surface area contributed by atoms with Crippen molar-refractivity contribution in [3.05, 3.63) is 248 Å². The van der Waals surface area contributed by atoms with E-state index >= 15 is 0 Å². The van der Waals surface area contributed by atoms with Gasteiger partial charge >= 0.3 is 0 Å². The quantitative estimate of drug-likeness (QED) is 0.135. The van der Waals surface area contributed by atoms with E-state index in [1.165, 1.54) is 11.1 Å². The number of benzene rings is 9. The maximum Gasteiger partial charge on any atom is 0.135 e. The molecule has 1 aliphatic rings. The Hall–Kier alpha value is -7.98. The van der Waals surface area contributed by atoms with E-state index in [0.29, 0.717) is 11.5 Å². The van der Waals surface area contributed by atoms with Gasteiger partial charge in [-0.25, -0.2) is 4.98 Å². The summed E-state index contributed by atoms with van der Waals surface area (Å²) in [6, 6.07) is 81.8. The first kappa shape index (κ1) is 42.6. The number of ether oxygens (including phenoxy) is 1. The van der Waals surface area contributed by atoms with Gasteiger partial charge in [-0.15, -0.1) is 48.1 Å². The number of nitrogens with zero attached hydrogens (tertiary/aromatic N) is 4. The van der Waals surface area contributed by atoms with Crippen molar-refractivity contribution in [2.75, 3.05) is 9.80 Å². The first-order valence-corrected chi connectivity index (χ1v) is 22.6. The Bertz CT molecular complexity index is 3550. The zero-order chi connectivity index (χ0) is 44.8. The van der Waals surface area contributed by atoms with E-state index in [-0.39, 0.29) is 21.1 Å². The predicted molar refractivity (Wildman–Crippen MR) is 275 cm³/mol. The molecule has 68 heavy (non-hydrogen) atoms. The Labute approximate surface area is 411 Å². The molecule has 9 aromatic carbocycles. The number of pyridine rings is 1. The molecule has 0 spiro atoms. The van der Waals surface area contributed by atoms with Crippen LogP contribution in [0.3, 0.4) is 0 Å². The number of anilines is 4. The van der Waals surface area contributed by atoms with Crippen LogP contribution < -0.4 is 14.5 Å². The SMILES string of the molecule is Cc1ccc(-c2cnc(-n3c4[c-]c(Oc5[c-]c(N6[CH-]N(c7c(-c8ccccc8)cccc7-c7ccccc7)c7ccccc76)ccc5)ccc4c4cc(-c5ccccc5)ccc43)cc2C)cc1.[Pt]. The van der Waals surface area contributed by atoms with Gasteiger partial charge in [-0.3, -0.25) is 0 Å². The van der Waals surface area contributed by atoms with E-state index in [0.717, 1.165) is 94.9 Å². The smallest absolute Gasteiger partial charge is 0.135 e. The third-order valence-electron chi connectivity index (χ3n) is 12.8. The maximum absolute atomic E-state index is 6.73. The summed E-state index contributed by atoms with van der Waals surface area (Å²) in [5.74, 6) is 1.98. The van der Waals surface area contributed by atoms with Crippen molar-refractivity contribution in [1.82, 2.24) is 9.55 Å². The Morgan fingerprint density at radius 3 is 1.74 bits per heavy atom. The molecule has 2 aromatic heterocycles. The second-order valence-corrected chi connectivity index (χ2v) is 17.0. The van der Waals surface area contributed by atoms with Crippen LogP contribution in [-0.4, -0.2) is 9.55 Å². The van der Waals surface area contributed by atoms with Crippen LogP contribution in [0.1, 0.15) is 11.1 Å². The van der Waals surface area contributed by atoms with Crippen LogP contribution in [0.15, 0.2) is 219 Å².